The Hall–Kier alpha value is -3.10. The van der Waals surface area contributed by atoms with Crippen LogP contribution in [0.5, 0.6) is 0 Å². The van der Waals surface area contributed by atoms with Crippen LogP contribution in [0.2, 0.25) is 0 Å². The summed E-state index contributed by atoms with van der Waals surface area (Å²) in [6, 6.07) is 13.2. The molecule has 0 radical (unpaired) electrons. The number of nitrogens with zero attached hydrogens (tertiary/aromatic N) is 5. The lowest BCUT2D eigenvalue weighted by Crippen LogP contribution is -2.22. The van der Waals surface area contributed by atoms with Gasteiger partial charge in [0, 0.05) is 16.5 Å². The van der Waals surface area contributed by atoms with E-state index in [1.54, 1.807) is 34.5 Å². The van der Waals surface area contributed by atoms with Crippen molar-refractivity contribution >= 4 is 44.2 Å². The quantitative estimate of drug-likeness (QED) is 0.317. The highest BCUT2D eigenvalue weighted by atomic mass is 32.2. The fourth-order valence-electron chi connectivity index (χ4n) is 3.10. The van der Waals surface area contributed by atoms with Gasteiger partial charge in [-0.15, -0.1) is 11.3 Å². The summed E-state index contributed by atoms with van der Waals surface area (Å²) in [6.45, 7) is 4.01. The van der Waals surface area contributed by atoms with Crippen LogP contribution in [0, 0.1) is 13.8 Å². The molecule has 0 saturated heterocycles. The zero-order valence-electron chi connectivity index (χ0n) is 15.7. The molecule has 0 atom stereocenters. The minimum Gasteiger partial charge on any atom is -0.268 e. The van der Waals surface area contributed by atoms with Crippen LogP contribution in [0.15, 0.2) is 70.0 Å². The Morgan fingerprint density at radius 3 is 2.69 bits per heavy atom. The van der Waals surface area contributed by atoms with Crippen LogP contribution in [-0.4, -0.2) is 24.5 Å². The molecule has 142 valence electrons. The molecule has 8 heteroatoms. The molecule has 0 amide bonds. The van der Waals surface area contributed by atoms with Gasteiger partial charge < -0.3 is 0 Å². The van der Waals surface area contributed by atoms with Gasteiger partial charge in [-0.05, 0) is 55.4 Å². The SMILES string of the molecule is Cc1ccc(-n2c(Sc3ncnc4sc(C)cc34)nc3ccccc3c2=O)nc1. The summed E-state index contributed by atoms with van der Waals surface area (Å²) in [5, 5.41) is 2.81. The van der Waals surface area contributed by atoms with E-state index in [0.717, 1.165) is 25.7 Å². The number of aromatic nitrogens is 5. The number of rotatable bonds is 3. The van der Waals surface area contributed by atoms with E-state index in [4.69, 9.17) is 4.98 Å². The Balaban J connectivity index is 1.76. The standard InChI is InChI=1S/C21H15N5OS2/c1-12-7-8-17(22-10-12)26-20(27)14-5-3-4-6-16(14)25-21(26)29-19-15-9-13(2)28-18(15)23-11-24-19/h3-11H,1-2H3. The Morgan fingerprint density at radius 1 is 1.00 bits per heavy atom. The molecule has 0 unspecified atom stereocenters. The van der Waals surface area contributed by atoms with E-state index in [1.165, 1.54) is 11.8 Å². The molecule has 0 N–H and O–H groups in total. The molecule has 0 bridgehead atoms. The van der Waals surface area contributed by atoms with Gasteiger partial charge in [0.1, 0.15) is 22.0 Å². The first-order valence-corrected chi connectivity index (χ1v) is 10.6. The number of fused-ring (bicyclic) bond motifs is 2. The first kappa shape index (κ1) is 18.0. The summed E-state index contributed by atoms with van der Waals surface area (Å²) in [5.74, 6) is 0.535. The van der Waals surface area contributed by atoms with Crippen molar-refractivity contribution in [1.82, 2.24) is 24.5 Å². The van der Waals surface area contributed by atoms with E-state index < -0.39 is 0 Å². The molecule has 4 heterocycles. The average Bonchev–Trinajstić information content (AvgIpc) is 3.11. The Kier molecular flexibility index (Phi) is 4.37. The highest BCUT2D eigenvalue weighted by Gasteiger charge is 2.17. The average molecular weight is 418 g/mol. The molecule has 5 aromatic rings. The number of hydrogen-bond acceptors (Lipinski definition) is 7. The van der Waals surface area contributed by atoms with Gasteiger partial charge in [0.25, 0.3) is 5.56 Å². The maximum Gasteiger partial charge on any atom is 0.267 e. The van der Waals surface area contributed by atoms with Crippen LogP contribution >= 0.6 is 23.1 Å². The third-order valence-electron chi connectivity index (χ3n) is 4.47. The maximum absolute atomic E-state index is 13.3. The molecule has 1 aromatic carbocycles. The van der Waals surface area contributed by atoms with E-state index in [0.29, 0.717) is 21.9 Å². The smallest absolute Gasteiger partial charge is 0.267 e. The molecule has 0 saturated carbocycles. The van der Waals surface area contributed by atoms with Crippen LogP contribution in [-0.2, 0) is 0 Å². The predicted molar refractivity (Wildman–Crippen MR) is 116 cm³/mol. The Bertz CT molecular complexity index is 1420. The molecule has 0 aliphatic heterocycles. The highest BCUT2D eigenvalue weighted by molar-refractivity contribution is 7.99. The molecule has 29 heavy (non-hydrogen) atoms. The second kappa shape index (κ2) is 7.06. The van der Waals surface area contributed by atoms with Gasteiger partial charge in [-0.1, -0.05) is 18.2 Å². The van der Waals surface area contributed by atoms with Gasteiger partial charge in [-0.2, -0.15) is 0 Å². The van der Waals surface area contributed by atoms with E-state index in [-0.39, 0.29) is 5.56 Å². The van der Waals surface area contributed by atoms with E-state index in [2.05, 4.69) is 21.0 Å². The van der Waals surface area contributed by atoms with Gasteiger partial charge in [0.2, 0.25) is 0 Å². The van der Waals surface area contributed by atoms with Gasteiger partial charge in [0.05, 0.1) is 10.9 Å². The van der Waals surface area contributed by atoms with E-state index in [9.17, 15) is 4.79 Å². The largest absolute Gasteiger partial charge is 0.268 e. The summed E-state index contributed by atoms with van der Waals surface area (Å²) in [5.41, 5.74) is 1.52. The van der Waals surface area contributed by atoms with Crippen molar-refractivity contribution in [1.29, 1.82) is 0 Å². The third-order valence-corrected chi connectivity index (χ3v) is 6.41. The molecule has 0 spiro atoms. The summed E-state index contributed by atoms with van der Waals surface area (Å²) in [6.07, 6.45) is 3.30. The number of thiophene rings is 1. The number of aryl methyl sites for hydroxylation is 2. The fourth-order valence-corrected chi connectivity index (χ4v) is 4.96. The zero-order chi connectivity index (χ0) is 20.0. The lowest BCUT2D eigenvalue weighted by molar-refractivity contribution is 0.793. The molecule has 4 aromatic heterocycles. The first-order chi connectivity index (χ1) is 14.1. The van der Waals surface area contributed by atoms with Crippen LogP contribution in [0.25, 0.3) is 26.9 Å². The Morgan fingerprint density at radius 2 is 1.86 bits per heavy atom. The minimum absolute atomic E-state index is 0.152. The molecule has 5 rings (SSSR count). The molecule has 0 fully saturated rings. The van der Waals surface area contributed by atoms with Crippen molar-refractivity contribution in [2.24, 2.45) is 0 Å². The van der Waals surface area contributed by atoms with Gasteiger partial charge in [-0.3, -0.25) is 4.79 Å². The van der Waals surface area contributed by atoms with E-state index in [1.807, 2.05) is 44.2 Å². The monoisotopic (exact) mass is 417 g/mol. The van der Waals surface area contributed by atoms with Gasteiger partial charge in [0.15, 0.2) is 5.16 Å². The van der Waals surface area contributed by atoms with Crippen LogP contribution in [0.1, 0.15) is 10.4 Å². The van der Waals surface area contributed by atoms with Crippen molar-refractivity contribution in [3.05, 3.63) is 75.8 Å². The lowest BCUT2D eigenvalue weighted by atomic mass is 10.2. The minimum atomic E-state index is -0.152. The highest BCUT2D eigenvalue weighted by Crippen LogP contribution is 2.34. The van der Waals surface area contributed by atoms with Crippen molar-refractivity contribution in [2.45, 2.75) is 24.0 Å². The third kappa shape index (κ3) is 3.20. The summed E-state index contributed by atoms with van der Waals surface area (Å²) in [4.78, 5) is 33.5. The summed E-state index contributed by atoms with van der Waals surface area (Å²) < 4.78 is 1.56. The fraction of sp³-hybridized carbons (Fsp3) is 0.0952. The molecule has 6 nitrogen and oxygen atoms in total. The van der Waals surface area contributed by atoms with Crippen molar-refractivity contribution in [3.8, 4) is 5.82 Å². The molecule has 0 aliphatic carbocycles. The van der Waals surface area contributed by atoms with Crippen LogP contribution < -0.4 is 5.56 Å². The molecular weight excluding hydrogens is 402 g/mol. The number of pyridine rings is 1. The van der Waals surface area contributed by atoms with Gasteiger partial charge >= 0.3 is 0 Å². The van der Waals surface area contributed by atoms with Crippen molar-refractivity contribution in [3.63, 3.8) is 0 Å². The number of hydrogen-bond donors (Lipinski definition) is 0. The topological polar surface area (TPSA) is 73.6 Å². The number of benzene rings is 1. The maximum atomic E-state index is 13.3. The van der Waals surface area contributed by atoms with Crippen LogP contribution in [0.3, 0.4) is 0 Å². The lowest BCUT2D eigenvalue weighted by Gasteiger charge is -2.12. The second-order valence-corrected chi connectivity index (χ2v) is 8.79. The number of para-hydroxylation sites is 1. The van der Waals surface area contributed by atoms with Crippen molar-refractivity contribution < 1.29 is 0 Å². The zero-order valence-corrected chi connectivity index (χ0v) is 17.3. The Labute approximate surface area is 174 Å². The second-order valence-electron chi connectivity index (χ2n) is 6.60. The van der Waals surface area contributed by atoms with E-state index >= 15 is 0 Å². The molecule has 0 aliphatic rings. The summed E-state index contributed by atoms with van der Waals surface area (Å²) >= 11 is 2.97. The first-order valence-electron chi connectivity index (χ1n) is 8.94. The normalized spacial score (nSPS) is 11.4. The van der Waals surface area contributed by atoms with Gasteiger partial charge in [-0.25, -0.2) is 24.5 Å². The van der Waals surface area contributed by atoms with Crippen LogP contribution in [0.4, 0.5) is 0 Å². The predicted octanol–water partition coefficient (Wildman–Crippen LogP) is 4.55. The molecular formula is C21H15N5OS2. The van der Waals surface area contributed by atoms with Crippen molar-refractivity contribution in [2.75, 3.05) is 0 Å². The summed E-state index contributed by atoms with van der Waals surface area (Å²) in [7, 11) is 0.